The molecule has 2 heterocycles. The molecule has 0 saturated heterocycles. The van der Waals surface area contributed by atoms with Crippen molar-refractivity contribution in [3.63, 3.8) is 0 Å². The van der Waals surface area contributed by atoms with Gasteiger partial charge in [-0.15, -0.1) is 0 Å². The molecule has 1 aliphatic rings. The summed E-state index contributed by atoms with van der Waals surface area (Å²) >= 11 is 0. The first kappa shape index (κ1) is 14.2. The predicted octanol–water partition coefficient (Wildman–Crippen LogP) is 2.42. The van der Waals surface area contributed by atoms with Crippen molar-refractivity contribution in [2.75, 3.05) is 13.7 Å². The molecule has 4 nitrogen and oxygen atoms in total. The SMILES string of the molecule is CCc1nc(C(OC)c2ccccc2)nc2c1CNCC2. The molecular formula is C17H21N3O. The quantitative estimate of drug-likeness (QED) is 0.936. The van der Waals surface area contributed by atoms with Crippen molar-refractivity contribution >= 4 is 0 Å². The largest absolute Gasteiger partial charge is 0.369 e. The summed E-state index contributed by atoms with van der Waals surface area (Å²) in [6.07, 6.45) is 1.69. The summed E-state index contributed by atoms with van der Waals surface area (Å²) in [5.41, 5.74) is 4.68. The van der Waals surface area contributed by atoms with Crippen molar-refractivity contribution in [3.8, 4) is 0 Å². The van der Waals surface area contributed by atoms with Gasteiger partial charge in [0.2, 0.25) is 0 Å². The lowest BCUT2D eigenvalue weighted by molar-refractivity contribution is 0.128. The monoisotopic (exact) mass is 283 g/mol. The van der Waals surface area contributed by atoms with Crippen LogP contribution in [0.15, 0.2) is 30.3 Å². The highest BCUT2D eigenvalue weighted by atomic mass is 16.5. The zero-order valence-corrected chi connectivity index (χ0v) is 12.6. The highest BCUT2D eigenvalue weighted by Crippen LogP contribution is 2.25. The van der Waals surface area contributed by atoms with Gasteiger partial charge in [-0.1, -0.05) is 37.3 Å². The number of ether oxygens (including phenoxy) is 1. The molecule has 0 aliphatic carbocycles. The Balaban J connectivity index is 2.05. The Bertz CT molecular complexity index is 596. The van der Waals surface area contributed by atoms with Gasteiger partial charge in [-0.05, 0) is 12.0 Å². The van der Waals surface area contributed by atoms with Crippen LogP contribution in [0.2, 0.25) is 0 Å². The Kier molecular flexibility index (Phi) is 4.27. The molecule has 0 radical (unpaired) electrons. The van der Waals surface area contributed by atoms with Crippen LogP contribution in [-0.2, 0) is 24.1 Å². The molecule has 1 aromatic heterocycles. The fourth-order valence-electron chi connectivity index (χ4n) is 2.86. The lowest BCUT2D eigenvalue weighted by atomic mass is 10.0. The molecule has 2 aromatic rings. The number of nitrogens with one attached hydrogen (secondary N) is 1. The second kappa shape index (κ2) is 6.33. The zero-order valence-electron chi connectivity index (χ0n) is 12.6. The van der Waals surface area contributed by atoms with Gasteiger partial charge in [-0.3, -0.25) is 0 Å². The minimum atomic E-state index is -0.198. The fraction of sp³-hybridized carbons (Fsp3) is 0.412. The summed E-state index contributed by atoms with van der Waals surface area (Å²) in [4.78, 5) is 9.57. The zero-order chi connectivity index (χ0) is 14.7. The average Bonchev–Trinajstić information content (AvgIpc) is 2.56. The van der Waals surface area contributed by atoms with Crippen LogP contribution in [0.3, 0.4) is 0 Å². The maximum Gasteiger partial charge on any atom is 0.162 e. The van der Waals surface area contributed by atoms with E-state index in [-0.39, 0.29) is 6.10 Å². The molecule has 0 saturated carbocycles. The molecule has 110 valence electrons. The third-order valence-electron chi connectivity index (χ3n) is 3.94. The van der Waals surface area contributed by atoms with Crippen LogP contribution < -0.4 is 5.32 Å². The molecule has 3 rings (SSSR count). The van der Waals surface area contributed by atoms with E-state index in [0.717, 1.165) is 43.0 Å². The molecule has 4 heteroatoms. The van der Waals surface area contributed by atoms with Crippen LogP contribution in [0, 0.1) is 0 Å². The minimum Gasteiger partial charge on any atom is -0.369 e. The maximum absolute atomic E-state index is 5.67. The van der Waals surface area contributed by atoms with E-state index in [1.165, 1.54) is 11.3 Å². The number of nitrogens with zero attached hydrogens (tertiary/aromatic N) is 2. The number of methoxy groups -OCH3 is 1. The lowest BCUT2D eigenvalue weighted by Gasteiger charge is -2.22. The van der Waals surface area contributed by atoms with Gasteiger partial charge in [0, 0.05) is 37.9 Å². The van der Waals surface area contributed by atoms with E-state index >= 15 is 0 Å². The van der Waals surface area contributed by atoms with Gasteiger partial charge in [0.1, 0.15) is 6.10 Å². The highest BCUT2D eigenvalue weighted by Gasteiger charge is 2.22. The Morgan fingerprint density at radius 3 is 2.76 bits per heavy atom. The van der Waals surface area contributed by atoms with Gasteiger partial charge in [0.25, 0.3) is 0 Å². The Hall–Kier alpha value is -1.78. The summed E-state index contributed by atoms with van der Waals surface area (Å²) in [7, 11) is 1.72. The van der Waals surface area contributed by atoms with Crippen LogP contribution in [0.25, 0.3) is 0 Å². The molecule has 1 aromatic carbocycles. The van der Waals surface area contributed by atoms with Crippen LogP contribution in [0.5, 0.6) is 0 Å². The Morgan fingerprint density at radius 1 is 1.24 bits per heavy atom. The number of hydrogen-bond donors (Lipinski definition) is 1. The molecule has 1 aliphatic heterocycles. The van der Waals surface area contributed by atoms with Crippen molar-refractivity contribution in [3.05, 3.63) is 58.7 Å². The van der Waals surface area contributed by atoms with E-state index in [1.807, 2.05) is 18.2 Å². The summed E-state index contributed by atoms with van der Waals surface area (Å²) in [5.74, 6) is 0.779. The first-order valence-corrected chi connectivity index (χ1v) is 7.50. The maximum atomic E-state index is 5.67. The Morgan fingerprint density at radius 2 is 2.05 bits per heavy atom. The van der Waals surface area contributed by atoms with E-state index in [4.69, 9.17) is 14.7 Å². The van der Waals surface area contributed by atoms with Crippen molar-refractivity contribution < 1.29 is 4.74 Å². The lowest BCUT2D eigenvalue weighted by Crippen LogP contribution is -2.27. The second-order valence-corrected chi connectivity index (χ2v) is 5.26. The summed E-state index contributed by atoms with van der Waals surface area (Å²) < 4.78 is 5.67. The van der Waals surface area contributed by atoms with Crippen LogP contribution in [0.4, 0.5) is 0 Å². The van der Waals surface area contributed by atoms with Gasteiger partial charge >= 0.3 is 0 Å². The van der Waals surface area contributed by atoms with Gasteiger partial charge in [0.05, 0.1) is 5.69 Å². The number of hydrogen-bond acceptors (Lipinski definition) is 4. The smallest absolute Gasteiger partial charge is 0.162 e. The number of aryl methyl sites for hydroxylation is 1. The molecule has 1 atom stereocenters. The van der Waals surface area contributed by atoms with Crippen molar-refractivity contribution in [2.24, 2.45) is 0 Å². The summed E-state index contributed by atoms with van der Waals surface area (Å²) in [5, 5.41) is 3.40. The molecule has 1 N–H and O–H groups in total. The third-order valence-corrected chi connectivity index (χ3v) is 3.94. The van der Waals surface area contributed by atoms with Crippen molar-refractivity contribution in [2.45, 2.75) is 32.4 Å². The fourth-order valence-corrected chi connectivity index (χ4v) is 2.86. The first-order valence-electron chi connectivity index (χ1n) is 7.50. The van der Waals surface area contributed by atoms with E-state index in [2.05, 4.69) is 24.4 Å². The molecule has 0 amide bonds. The third kappa shape index (κ3) is 2.82. The Labute approximate surface area is 125 Å². The molecule has 0 fully saturated rings. The molecule has 0 spiro atoms. The molecular weight excluding hydrogens is 262 g/mol. The van der Waals surface area contributed by atoms with Crippen molar-refractivity contribution in [1.29, 1.82) is 0 Å². The summed E-state index contributed by atoms with van der Waals surface area (Å²) in [6.45, 7) is 4.00. The first-order chi connectivity index (χ1) is 10.3. The van der Waals surface area contributed by atoms with E-state index < -0.39 is 0 Å². The topological polar surface area (TPSA) is 47.0 Å². The van der Waals surface area contributed by atoms with Crippen LogP contribution >= 0.6 is 0 Å². The average molecular weight is 283 g/mol. The minimum absolute atomic E-state index is 0.198. The van der Waals surface area contributed by atoms with Crippen LogP contribution in [-0.4, -0.2) is 23.6 Å². The number of rotatable bonds is 4. The highest BCUT2D eigenvalue weighted by molar-refractivity contribution is 5.31. The molecule has 1 unspecified atom stereocenters. The number of fused-ring (bicyclic) bond motifs is 1. The number of benzene rings is 1. The predicted molar refractivity (Wildman–Crippen MR) is 82.1 cm³/mol. The van der Waals surface area contributed by atoms with E-state index in [9.17, 15) is 0 Å². The van der Waals surface area contributed by atoms with Gasteiger partial charge < -0.3 is 10.1 Å². The van der Waals surface area contributed by atoms with Gasteiger partial charge in [0.15, 0.2) is 5.82 Å². The molecule has 0 bridgehead atoms. The van der Waals surface area contributed by atoms with Gasteiger partial charge in [-0.25, -0.2) is 9.97 Å². The summed E-state index contributed by atoms with van der Waals surface area (Å²) in [6, 6.07) is 10.2. The normalized spacial score (nSPS) is 15.5. The van der Waals surface area contributed by atoms with E-state index in [1.54, 1.807) is 7.11 Å². The standard InChI is InChI=1S/C17H21N3O/c1-3-14-13-11-18-10-9-15(13)20-17(19-14)16(21-2)12-7-5-4-6-8-12/h4-8,16,18H,3,9-11H2,1-2H3. The molecule has 21 heavy (non-hydrogen) atoms. The number of aromatic nitrogens is 2. The van der Waals surface area contributed by atoms with Crippen LogP contribution in [0.1, 0.15) is 41.4 Å². The van der Waals surface area contributed by atoms with Gasteiger partial charge in [-0.2, -0.15) is 0 Å². The van der Waals surface area contributed by atoms with E-state index in [0.29, 0.717) is 0 Å². The van der Waals surface area contributed by atoms with Crippen molar-refractivity contribution in [1.82, 2.24) is 15.3 Å². The second-order valence-electron chi connectivity index (χ2n) is 5.26.